The van der Waals surface area contributed by atoms with Crippen molar-refractivity contribution < 1.29 is 4.79 Å². The molecule has 1 aromatic heterocycles. The first-order chi connectivity index (χ1) is 9.22. The van der Waals surface area contributed by atoms with Gasteiger partial charge >= 0.3 is 0 Å². The maximum absolute atomic E-state index is 12.2. The monoisotopic (exact) mass is 401 g/mol. The van der Waals surface area contributed by atoms with Crippen LogP contribution in [0.15, 0.2) is 30.3 Å². The number of anilines is 1. The SMILES string of the molecule is O=C(Nc1ccc(I)cc1)c1cc2c(s1)CCSC2. The molecule has 0 saturated carbocycles. The first kappa shape index (κ1) is 13.5. The van der Waals surface area contributed by atoms with Crippen LogP contribution in [0.5, 0.6) is 0 Å². The molecule has 0 radical (unpaired) electrons. The Bertz CT molecular complexity index is 583. The van der Waals surface area contributed by atoms with Crippen molar-refractivity contribution in [3.8, 4) is 0 Å². The number of fused-ring (bicyclic) bond motifs is 1. The van der Waals surface area contributed by atoms with Crippen LogP contribution in [0.2, 0.25) is 0 Å². The number of hydrogen-bond donors (Lipinski definition) is 1. The highest BCUT2D eigenvalue weighted by atomic mass is 127. The zero-order valence-corrected chi connectivity index (χ0v) is 13.9. The fourth-order valence-corrected chi connectivity index (χ4v) is 4.61. The van der Waals surface area contributed by atoms with Crippen LogP contribution in [0.3, 0.4) is 0 Å². The van der Waals surface area contributed by atoms with Crippen molar-refractivity contribution >= 4 is 57.3 Å². The number of hydrogen-bond acceptors (Lipinski definition) is 3. The van der Waals surface area contributed by atoms with E-state index >= 15 is 0 Å². The van der Waals surface area contributed by atoms with Gasteiger partial charge in [0.05, 0.1) is 4.88 Å². The Morgan fingerprint density at radius 2 is 2.05 bits per heavy atom. The molecule has 5 heteroatoms. The summed E-state index contributed by atoms with van der Waals surface area (Å²) >= 11 is 5.83. The summed E-state index contributed by atoms with van der Waals surface area (Å²) < 4.78 is 1.17. The molecule has 0 saturated heterocycles. The predicted octanol–water partition coefficient (Wildman–Crippen LogP) is 4.39. The number of nitrogens with one attached hydrogen (secondary N) is 1. The van der Waals surface area contributed by atoms with E-state index < -0.39 is 0 Å². The standard InChI is InChI=1S/C14H12INOS2/c15-10-1-3-11(4-2-10)16-14(17)13-7-9-8-18-6-5-12(9)19-13/h1-4,7H,5-6,8H2,(H,16,17). The van der Waals surface area contributed by atoms with E-state index in [-0.39, 0.29) is 5.91 Å². The number of benzene rings is 1. The van der Waals surface area contributed by atoms with Gasteiger partial charge in [-0.05, 0) is 70.7 Å². The Morgan fingerprint density at radius 1 is 1.26 bits per heavy atom. The summed E-state index contributed by atoms with van der Waals surface area (Å²) in [6.45, 7) is 0. The lowest BCUT2D eigenvalue weighted by molar-refractivity contribution is 0.103. The van der Waals surface area contributed by atoms with Crippen molar-refractivity contribution in [1.29, 1.82) is 0 Å². The van der Waals surface area contributed by atoms with Crippen molar-refractivity contribution in [2.45, 2.75) is 12.2 Å². The third-order valence-electron chi connectivity index (χ3n) is 2.95. The number of amides is 1. The Labute approximate surface area is 134 Å². The van der Waals surface area contributed by atoms with Crippen molar-refractivity contribution in [3.05, 3.63) is 49.2 Å². The Balaban J connectivity index is 1.76. The molecular weight excluding hydrogens is 389 g/mol. The molecule has 2 nitrogen and oxygen atoms in total. The van der Waals surface area contributed by atoms with Crippen LogP contribution in [0, 0.1) is 3.57 Å². The highest BCUT2D eigenvalue weighted by molar-refractivity contribution is 14.1. The largest absolute Gasteiger partial charge is 0.321 e. The number of carbonyl (C=O) groups excluding carboxylic acids is 1. The molecule has 1 aliphatic heterocycles. The molecule has 98 valence electrons. The van der Waals surface area contributed by atoms with Gasteiger partial charge in [0.2, 0.25) is 0 Å². The highest BCUT2D eigenvalue weighted by Crippen LogP contribution is 2.32. The molecular formula is C14H12INOS2. The normalized spacial score (nSPS) is 13.9. The van der Waals surface area contributed by atoms with Gasteiger partial charge in [0.1, 0.15) is 0 Å². The van der Waals surface area contributed by atoms with E-state index in [1.165, 1.54) is 19.8 Å². The minimum absolute atomic E-state index is 0.00519. The van der Waals surface area contributed by atoms with E-state index in [4.69, 9.17) is 0 Å². The second-order valence-corrected chi connectivity index (χ2v) is 7.81. The molecule has 0 unspecified atom stereocenters. The van der Waals surface area contributed by atoms with Gasteiger partial charge in [-0.25, -0.2) is 0 Å². The van der Waals surface area contributed by atoms with Gasteiger partial charge in [-0.1, -0.05) is 0 Å². The number of thiophene rings is 1. The molecule has 2 heterocycles. The molecule has 1 aromatic carbocycles. The second-order valence-electron chi connectivity index (χ2n) is 4.32. The lowest BCUT2D eigenvalue weighted by Gasteiger charge is -2.08. The quantitative estimate of drug-likeness (QED) is 0.757. The van der Waals surface area contributed by atoms with Crippen molar-refractivity contribution in [1.82, 2.24) is 0 Å². The Kier molecular flexibility index (Phi) is 4.14. The summed E-state index contributed by atoms with van der Waals surface area (Å²) in [5.74, 6) is 2.22. The second kappa shape index (κ2) is 5.85. The number of halogens is 1. The first-order valence-electron chi connectivity index (χ1n) is 5.98. The summed E-state index contributed by atoms with van der Waals surface area (Å²) in [7, 11) is 0. The third-order valence-corrected chi connectivity index (χ3v) is 5.92. The maximum Gasteiger partial charge on any atom is 0.265 e. The van der Waals surface area contributed by atoms with Crippen LogP contribution in [0.4, 0.5) is 5.69 Å². The summed E-state index contributed by atoms with van der Waals surface area (Å²) in [4.78, 5) is 14.4. The summed E-state index contributed by atoms with van der Waals surface area (Å²) in [6.07, 6.45) is 1.10. The smallest absolute Gasteiger partial charge is 0.265 e. The fourth-order valence-electron chi connectivity index (χ4n) is 1.99. The molecule has 1 amide bonds. The number of rotatable bonds is 2. The molecule has 2 aromatic rings. The lowest BCUT2D eigenvalue weighted by atomic mass is 10.2. The van der Waals surface area contributed by atoms with Gasteiger partial charge in [0.15, 0.2) is 0 Å². The molecule has 0 fully saturated rings. The minimum Gasteiger partial charge on any atom is -0.321 e. The maximum atomic E-state index is 12.2. The van der Waals surface area contributed by atoms with Crippen LogP contribution >= 0.6 is 45.7 Å². The van der Waals surface area contributed by atoms with E-state index in [0.717, 1.165) is 22.7 Å². The van der Waals surface area contributed by atoms with Gasteiger partial charge in [-0.15, -0.1) is 11.3 Å². The van der Waals surface area contributed by atoms with Crippen molar-refractivity contribution in [2.24, 2.45) is 0 Å². The van der Waals surface area contributed by atoms with E-state index in [1.807, 2.05) is 42.1 Å². The van der Waals surface area contributed by atoms with Gasteiger partial charge in [0, 0.05) is 19.9 Å². The zero-order valence-electron chi connectivity index (χ0n) is 10.1. The van der Waals surface area contributed by atoms with Crippen LogP contribution in [-0.4, -0.2) is 11.7 Å². The first-order valence-corrected chi connectivity index (χ1v) is 9.03. The van der Waals surface area contributed by atoms with Crippen molar-refractivity contribution in [3.63, 3.8) is 0 Å². The fraction of sp³-hybridized carbons (Fsp3) is 0.214. The van der Waals surface area contributed by atoms with Crippen LogP contribution in [-0.2, 0) is 12.2 Å². The topological polar surface area (TPSA) is 29.1 Å². The highest BCUT2D eigenvalue weighted by Gasteiger charge is 2.17. The van der Waals surface area contributed by atoms with E-state index in [1.54, 1.807) is 11.3 Å². The molecule has 0 bridgehead atoms. The van der Waals surface area contributed by atoms with E-state index in [9.17, 15) is 4.79 Å². The predicted molar refractivity (Wildman–Crippen MR) is 91.3 cm³/mol. The number of carbonyl (C=O) groups is 1. The van der Waals surface area contributed by atoms with Crippen LogP contribution < -0.4 is 5.32 Å². The summed E-state index contributed by atoms with van der Waals surface area (Å²) in [5.41, 5.74) is 2.19. The molecule has 3 rings (SSSR count). The molecule has 1 N–H and O–H groups in total. The Hall–Kier alpha value is -0.530. The van der Waals surface area contributed by atoms with Crippen LogP contribution in [0.25, 0.3) is 0 Å². The van der Waals surface area contributed by atoms with Crippen molar-refractivity contribution in [2.75, 3.05) is 11.1 Å². The molecule has 1 aliphatic rings. The van der Waals surface area contributed by atoms with E-state index in [2.05, 4.69) is 27.9 Å². The average Bonchev–Trinajstić information content (AvgIpc) is 2.85. The van der Waals surface area contributed by atoms with Gasteiger partial charge in [-0.3, -0.25) is 4.79 Å². The molecule has 0 spiro atoms. The number of aryl methyl sites for hydroxylation is 1. The molecule has 0 atom stereocenters. The number of thioether (sulfide) groups is 1. The summed E-state index contributed by atoms with van der Waals surface area (Å²) in [6, 6.07) is 9.90. The minimum atomic E-state index is 0.00519. The zero-order chi connectivity index (χ0) is 13.2. The van der Waals surface area contributed by atoms with E-state index in [0.29, 0.717) is 0 Å². The lowest BCUT2D eigenvalue weighted by Crippen LogP contribution is -2.09. The third kappa shape index (κ3) is 3.14. The van der Waals surface area contributed by atoms with Gasteiger partial charge < -0.3 is 5.32 Å². The summed E-state index contributed by atoms with van der Waals surface area (Å²) in [5, 5.41) is 2.96. The van der Waals surface area contributed by atoms with Gasteiger partial charge in [0.25, 0.3) is 5.91 Å². The Morgan fingerprint density at radius 3 is 2.79 bits per heavy atom. The molecule has 19 heavy (non-hydrogen) atoms. The van der Waals surface area contributed by atoms with Gasteiger partial charge in [-0.2, -0.15) is 11.8 Å². The molecule has 0 aliphatic carbocycles. The van der Waals surface area contributed by atoms with Crippen LogP contribution in [0.1, 0.15) is 20.1 Å². The average molecular weight is 401 g/mol.